The Kier molecular flexibility index (Phi) is 8.52. The molecule has 0 N–H and O–H groups in total. The fraction of sp³-hybridized carbons (Fsp3) is 0. The molecule has 0 aliphatic carbocycles. The molecule has 0 fully saturated rings. The molecule has 0 amide bonds. The highest BCUT2D eigenvalue weighted by atomic mass is 15.1. The summed E-state index contributed by atoms with van der Waals surface area (Å²) in [4.78, 5) is 5.35. The molecule has 59 heavy (non-hydrogen) atoms. The van der Waals surface area contributed by atoms with Crippen molar-refractivity contribution in [1.82, 2.24) is 9.55 Å². The van der Waals surface area contributed by atoms with Crippen LogP contribution in [0.1, 0.15) is 0 Å². The van der Waals surface area contributed by atoms with Gasteiger partial charge in [0.25, 0.3) is 0 Å². The number of hydrogen-bond acceptors (Lipinski definition) is 1. The summed E-state index contributed by atoms with van der Waals surface area (Å²) in [7, 11) is 0. The first-order valence-corrected chi connectivity index (χ1v) is 20.2. The van der Waals surface area contributed by atoms with Crippen LogP contribution in [0, 0.1) is 0 Å². The first-order chi connectivity index (χ1) is 29.3. The maximum atomic E-state index is 5.35. The van der Waals surface area contributed by atoms with Crippen LogP contribution in [0.5, 0.6) is 0 Å². The van der Waals surface area contributed by atoms with Crippen molar-refractivity contribution in [3.8, 4) is 72.7 Å². The highest BCUT2D eigenvalue weighted by Gasteiger charge is 2.20. The number of rotatable bonds is 7. The third-order valence-electron chi connectivity index (χ3n) is 11.6. The summed E-state index contributed by atoms with van der Waals surface area (Å²) in [6.07, 6.45) is 0. The normalized spacial score (nSPS) is 11.4. The summed E-state index contributed by atoms with van der Waals surface area (Å²) in [5.74, 6) is 0.913. The van der Waals surface area contributed by atoms with E-state index in [-0.39, 0.29) is 0 Å². The van der Waals surface area contributed by atoms with Gasteiger partial charge in [-0.25, -0.2) is 4.98 Å². The quantitative estimate of drug-likeness (QED) is 0.148. The molecule has 10 aromatic carbocycles. The second-order valence-corrected chi connectivity index (χ2v) is 15.1. The SMILES string of the molecule is c1ccc(-c2cc3nc(-c4ccccc4)n(-c4ccc(-c5ccc6c(-c7ccccc7)c7ccccc7c(-c7ccccc7)c6c5)cc4)c3cc2-c2ccccc2)cc1. The minimum Gasteiger partial charge on any atom is -0.292 e. The summed E-state index contributed by atoms with van der Waals surface area (Å²) < 4.78 is 2.32. The van der Waals surface area contributed by atoms with E-state index in [1.807, 2.05) is 0 Å². The molecule has 1 aromatic heterocycles. The van der Waals surface area contributed by atoms with Gasteiger partial charge in [-0.2, -0.15) is 0 Å². The first-order valence-electron chi connectivity index (χ1n) is 20.2. The molecule has 1 heterocycles. The molecule has 276 valence electrons. The van der Waals surface area contributed by atoms with Crippen LogP contribution in [0.4, 0.5) is 0 Å². The molecule has 0 unspecified atom stereocenters. The van der Waals surface area contributed by atoms with E-state index in [4.69, 9.17) is 4.98 Å². The monoisotopic (exact) mass is 750 g/mol. The predicted octanol–water partition coefficient (Wildman–Crippen LogP) is 15.3. The van der Waals surface area contributed by atoms with Gasteiger partial charge in [-0.3, -0.25) is 4.57 Å². The van der Waals surface area contributed by atoms with Crippen molar-refractivity contribution in [2.45, 2.75) is 0 Å². The molecule has 11 aromatic rings. The van der Waals surface area contributed by atoms with E-state index in [1.165, 1.54) is 71.6 Å². The molecule has 0 bridgehead atoms. The van der Waals surface area contributed by atoms with Gasteiger partial charge in [0.15, 0.2) is 0 Å². The zero-order valence-electron chi connectivity index (χ0n) is 32.3. The largest absolute Gasteiger partial charge is 0.292 e. The molecular formula is C57H38N2. The van der Waals surface area contributed by atoms with Gasteiger partial charge in [0.05, 0.1) is 11.0 Å². The molecular weight excluding hydrogens is 713 g/mol. The van der Waals surface area contributed by atoms with Crippen LogP contribution in [0.3, 0.4) is 0 Å². The third kappa shape index (κ3) is 6.10. The van der Waals surface area contributed by atoms with Gasteiger partial charge in [0, 0.05) is 11.3 Å². The molecule has 0 atom stereocenters. The molecule has 0 saturated heterocycles. The molecule has 0 aliphatic heterocycles. The van der Waals surface area contributed by atoms with Crippen molar-refractivity contribution in [3.63, 3.8) is 0 Å². The molecule has 11 rings (SSSR count). The third-order valence-corrected chi connectivity index (χ3v) is 11.6. The Balaban J connectivity index is 1.10. The lowest BCUT2D eigenvalue weighted by atomic mass is 9.85. The van der Waals surface area contributed by atoms with Crippen molar-refractivity contribution in [1.29, 1.82) is 0 Å². The highest BCUT2D eigenvalue weighted by molar-refractivity contribution is 6.22. The van der Waals surface area contributed by atoms with Gasteiger partial charge in [-0.15, -0.1) is 0 Å². The van der Waals surface area contributed by atoms with Gasteiger partial charge in [0.1, 0.15) is 5.82 Å². The average Bonchev–Trinajstić information content (AvgIpc) is 3.70. The minimum absolute atomic E-state index is 0.913. The van der Waals surface area contributed by atoms with E-state index in [0.717, 1.165) is 33.7 Å². The zero-order chi connectivity index (χ0) is 39.1. The Labute approximate surface area is 344 Å². The van der Waals surface area contributed by atoms with Crippen LogP contribution < -0.4 is 0 Å². The smallest absolute Gasteiger partial charge is 0.145 e. The second kappa shape index (κ2) is 14.6. The van der Waals surface area contributed by atoms with E-state index in [0.29, 0.717) is 0 Å². The number of fused-ring (bicyclic) bond motifs is 3. The van der Waals surface area contributed by atoms with E-state index < -0.39 is 0 Å². The lowest BCUT2D eigenvalue weighted by molar-refractivity contribution is 1.10. The number of nitrogens with zero attached hydrogens (tertiary/aromatic N) is 2. The fourth-order valence-corrected chi connectivity index (χ4v) is 8.87. The Morgan fingerprint density at radius 2 is 0.712 bits per heavy atom. The molecule has 0 aliphatic rings. The zero-order valence-corrected chi connectivity index (χ0v) is 32.3. The average molecular weight is 751 g/mol. The Morgan fingerprint density at radius 1 is 0.288 bits per heavy atom. The summed E-state index contributed by atoms with van der Waals surface area (Å²) in [5.41, 5.74) is 16.1. The number of imidazole rings is 1. The molecule has 0 saturated carbocycles. The summed E-state index contributed by atoms with van der Waals surface area (Å²) in [6, 6.07) is 83.0. The first kappa shape index (κ1) is 34.4. The van der Waals surface area contributed by atoms with E-state index in [2.05, 4.69) is 235 Å². The Bertz CT molecular complexity index is 3260. The molecule has 2 nitrogen and oxygen atoms in total. The summed E-state index contributed by atoms with van der Waals surface area (Å²) in [5, 5.41) is 5.00. The van der Waals surface area contributed by atoms with Crippen LogP contribution in [0.15, 0.2) is 231 Å². The van der Waals surface area contributed by atoms with Crippen LogP contribution in [0.2, 0.25) is 0 Å². The molecule has 0 radical (unpaired) electrons. The van der Waals surface area contributed by atoms with E-state index in [9.17, 15) is 0 Å². The summed E-state index contributed by atoms with van der Waals surface area (Å²) in [6.45, 7) is 0. The Morgan fingerprint density at radius 3 is 1.25 bits per heavy atom. The van der Waals surface area contributed by atoms with Crippen molar-refractivity contribution in [2.75, 3.05) is 0 Å². The maximum absolute atomic E-state index is 5.35. The topological polar surface area (TPSA) is 17.8 Å². The lowest BCUT2D eigenvalue weighted by Crippen LogP contribution is -1.98. The predicted molar refractivity (Wildman–Crippen MR) is 249 cm³/mol. The van der Waals surface area contributed by atoms with Crippen molar-refractivity contribution >= 4 is 32.6 Å². The standard InChI is InChI=1S/C57H38N2/c1-6-18-40(19-7-1)50-37-53-54(38-51(50)41-20-8-2-9-21-41)59(57(58-53)44-26-14-5-15-27-44)46-33-30-39(31-34-46)45-32-35-49-52(36-45)56(43-24-12-4-13-25-43)48-29-17-16-28-47(48)55(49)42-22-10-3-11-23-42/h1-38H. The van der Waals surface area contributed by atoms with Gasteiger partial charge in [0.2, 0.25) is 0 Å². The highest BCUT2D eigenvalue weighted by Crippen LogP contribution is 2.45. The van der Waals surface area contributed by atoms with Gasteiger partial charge in [-0.05, 0) is 108 Å². The minimum atomic E-state index is 0.913. The molecule has 0 spiro atoms. The van der Waals surface area contributed by atoms with Crippen molar-refractivity contribution in [3.05, 3.63) is 231 Å². The number of benzene rings is 10. The van der Waals surface area contributed by atoms with E-state index in [1.54, 1.807) is 0 Å². The van der Waals surface area contributed by atoms with Crippen LogP contribution in [-0.2, 0) is 0 Å². The van der Waals surface area contributed by atoms with Crippen molar-refractivity contribution in [2.24, 2.45) is 0 Å². The molecule has 2 heteroatoms. The Hall–Kier alpha value is -7.81. The van der Waals surface area contributed by atoms with Crippen LogP contribution >= 0.6 is 0 Å². The van der Waals surface area contributed by atoms with Gasteiger partial charge >= 0.3 is 0 Å². The van der Waals surface area contributed by atoms with E-state index >= 15 is 0 Å². The maximum Gasteiger partial charge on any atom is 0.145 e. The van der Waals surface area contributed by atoms with Crippen LogP contribution in [0.25, 0.3) is 105 Å². The second-order valence-electron chi connectivity index (χ2n) is 15.1. The fourth-order valence-electron chi connectivity index (χ4n) is 8.87. The lowest BCUT2D eigenvalue weighted by Gasteiger charge is -2.19. The summed E-state index contributed by atoms with van der Waals surface area (Å²) >= 11 is 0. The number of aromatic nitrogens is 2. The van der Waals surface area contributed by atoms with Crippen LogP contribution in [-0.4, -0.2) is 9.55 Å². The van der Waals surface area contributed by atoms with Crippen molar-refractivity contribution < 1.29 is 0 Å². The van der Waals surface area contributed by atoms with Gasteiger partial charge in [-0.1, -0.05) is 200 Å². The van der Waals surface area contributed by atoms with Gasteiger partial charge < -0.3 is 0 Å². The number of hydrogen-bond donors (Lipinski definition) is 0.